The van der Waals surface area contributed by atoms with Crippen molar-refractivity contribution in [3.63, 3.8) is 0 Å². The molecule has 150 valence electrons. The van der Waals surface area contributed by atoms with Crippen LogP contribution < -0.4 is 0 Å². The molecule has 0 aliphatic rings. The number of hydrogen-bond donors (Lipinski definition) is 1. The molecule has 0 aromatic carbocycles. The number of Topliss-reactive ketones (excluding diaryl/α,β-unsaturated/α-hetero) is 1. The predicted molar refractivity (Wildman–Crippen MR) is 97.9 cm³/mol. The van der Waals surface area contributed by atoms with Crippen molar-refractivity contribution in [3.8, 4) is 0 Å². The Morgan fingerprint density at radius 2 is 1.58 bits per heavy atom. The monoisotopic (exact) mass is 370 g/mol. The van der Waals surface area contributed by atoms with E-state index in [9.17, 15) is 14.4 Å². The van der Waals surface area contributed by atoms with E-state index in [0.717, 1.165) is 12.8 Å². The highest BCUT2D eigenvalue weighted by Gasteiger charge is 2.44. The number of hydrogen-bond acceptors (Lipinski definition) is 7. The minimum absolute atomic E-state index is 0.0760. The number of unbranched alkanes of at least 4 members (excludes halogenated alkanes) is 2. The molecule has 0 saturated carbocycles. The maximum Gasteiger partial charge on any atom is 0.306 e. The maximum atomic E-state index is 12.6. The van der Waals surface area contributed by atoms with E-state index in [2.05, 4.69) is 5.11 Å². The van der Waals surface area contributed by atoms with Crippen LogP contribution in [-0.2, 0) is 23.9 Å². The molecule has 0 aliphatic carbocycles. The second kappa shape index (κ2) is 12.5. The van der Waals surface area contributed by atoms with Gasteiger partial charge in [-0.05, 0) is 25.7 Å². The third-order valence-electron chi connectivity index (χ3n) is 4.16. The molecule has 0 aromatic heterocycles. The number of carbonyl (C=O) groups excluding carboxylic acids is 3. The summed E-state index contributed by atoms with van der Waals surface area (Å²) in [7, 11) is 0. The lowest BCUT2D eigenvalue weighted by Crippen LogP contribution is -2.50. The minimum Gasteiger partial charge on any atom is -0.462 e. The third-order valence-corrected chi connectivity index (χ3v) is 4.16. The van der Waals surface area contributed by atoms with E-state index in [1.807, 2.05) is 27.7 Å². The SMILES string of the molecule is CCCCC(=O)OCC(OC(=O)CCCC)C(C)(N=N)C(=O)CC(C)C. The highest BCUT2D eigenvalue weighted by Crippen LogP contribution is 2.25. The Morgan fingerprint density at radius 1 is 1.04 bits per heavy atom. The van der Waals surface area contributed by atoms with Gasteiger partial charge in [-0.15, -0.1) is 0 Å². The molecule has 0 heterocycles. The molecule has 0 amide bonds. The van der Waals surface area contributed by atoms with Crippen LogP contribution in [0.25, 0.3) is 0 Å². The molecule has 7 heteroatoms. The first kappa shape index (κ1) is 24.2. The van der Waals surface area contributed by atoms with Gasteiger partial charge in [-0.3, -0.25) is 14.4 Å². The number of ether oxygens (including phenoxy) is 2. The summed E-state index contributed by atoms with van der Waals surface area (Å²) < 4.78 is 10.6. The molecule has 1 N–H and O–H groups in total. The summed E-state index contributed by atoms with van der Waals surface area (Å²) in [4.78, 5) is 36.5. The van der Waals surface area contributed by atoms with Gasteiger partial charge in [0.05, 0.1) is 0 Å². The van der Waals surface area contributed by atoms with Gasteiger partial charge < -0.3 is 9.47 Å². The lowest BCUT2D eigenvalue weighted by molar-refractivity contribution is -0.165. The Bertz CT molecular complexity index is 479. The number of rotatable bonds is 14. The summed E-state index contributed by atoms with van der Waals surface area (Å²) in [5.74, 6) is -1.12. The molecule has 0 radical (unpaired) electrons. The first-order chi connectivity index (χ1) is 12.2. The molecule has 0 saturated heterocycles. The van der Waals surface area contributed by atoms with Gasteiger partial charge in [0.25, 0.3) is 0 Å². The Morgan fingerprint density at radius 3 is 2.04 bits per heavy atom. The zero-order valence-electron chi connectivity index (χ0n) is 16.8. The Hall–Kier alpha value is -1.79. The fraction of sp³-hybridized carbons (Fsp3) is 0.842. The number of carbonyl (C=O) groups is 3. The van der Waals surface area contributed by atoms with Gasteiger partial charge in [-0.1, -0.05) is 40.5 Å². The number of ketones is 1. The summed E-state index contributed by atoms with van der Waals surface area (Å²) in [6.07, 6.45) is 2.63. The van der Waals surface area contributed by atoms with E-state index in [-0.39, 0.29) is 37.6 Å². The van der Waals surface area contributed by atoms with Crippen LogP contribution in [0.1, 0.15) is 79.6 Å². The van der Waals surface area contributed by atoms with E-state index < -0.39 is 23.6 Å². The summed E-state index contributed by atoms with van der Waals surface area (Å²) in [5, 5.41) is 3.48. The van der Waals surface area contributed by atoms with E-state index in [1.165, 1.54) is 6.92 Å². The number of esters is 2. The predicted octanol–water partition coefficient (Wildman–Crippen LogP) is 4.23. The van der Waals surface area contributed by atoms with Gasteiger partial charge in [0.2, 0.25) is 0 Å². The minimum atomic E-state index is -1.56. The van der Waals surface area contributed by atoms with Gasteiger partial charge >= 0.3 is 11.9 Å². The molecule has 0 fully saturated rings. The summed E-state index contributed by atoms with van der Waals surface area (Å²) in [5.41, 5.74) is 5.95. The first-order valence-electron chi connectivity index (χ1n) is 9.48. The Balaban J connectivity index is 5.24. The van der Waals surface area contributed by atoms with Gasteiger partial charge in [-0.2, -0.15) is 5.11 Å². The van der Waals surface area contributed by atoms with Crippen molar-refractivity contribution >= 4 is 17.7 Å². The molecular formula is C19H34N2O5. The van der Waals surface area contributed by atoms with Crippen LogP contribution in [0.5, 0.6) is 0 Å². The van der Waals surface area contributed by atoms with Gasteiger partial charge in [-0.25, -0.2) is 5.53 Å². The summed E-state index contributed by atoms with van der Waals surface area (Å²) >= 11 is 0. The van der Waals surface area contributed by atoms with Crippen molar-refractivity contribution < 1.29 is 23.9 Å². The largest absolute Gasteiger partial charge is 0.462 e. The zero-order chi connectivity index (χ0) is 20.2. The quantitative estimate of drug-likeness (QED) is 0.364. The lowest BCUT2D eigenvalue weighted by Gasteiger charge is -2.31. The second-order valence-electron chi connectivity index (χ2n) is 7.15. The first-order valence-corrected chi connectivity index (χ1v) is 9.48. The molecule has 0 rings (SSSR count). The smallest absolute Gasteiger partial charge is 0.306 e. The molecule has 0 spiro atoms. The molecule has 7 nitrogen and oxygen atoms in total. The van der Waals surface area contributed by atoms with Crippen LogP contribution in [0.3, 0.4) is 0 Å². The number of nitrogens with one attached hydrogen (secondary N) is 1. The Labute approximate surface area is 156 Å². The van der Waals surface area contributed by atoms with E-state index in [0.29, 0.717) is 12.8 Å². The standard InChI is InChI=1S/C19H34N2O5/c1-6-8-10-17(23)25-13-16(26-18(24)11-9-7-2)19(5,21-20)15(22)12-14(3)4/h14,16,20H,6-13H2,1-5H3. The summed E-state index contributed by atoms with van der Waals surface area (Å²) in [6, 6.07) is 0. The molecule has 0 aromatic rings. The fourth-order valence-electron chi connectivity index (χ4n) is 2.30. The van der Waals surface area contributed by atoms with Crippen LogP contribution in [0, 0.1) is 11.4 Å². The van der Waals surface area contributed by atoms with E-state index >= 15 is 0 Å². The van der Waals surface area contributed by atoms with Gasteiger partial charge in [0, 0.05) is 19.3 Å². The zero-order valence-corrected chi connectivity index (χ0v) is 16.8. The molecule has 2 unspecified atom stereocenters. The molecular weight excluding hydrogens is 336 g/mol. The average Bonchev–Trinajstić information content (AvgIpc) is 2.60. The highest BCUT2D eigenvalue weighted by molar-refractivity contribution is 5.89. The Kier molecular flexibility index (Phi) is 11.7. The average molecular weight is 370 g/mol. The van der Waals surface area contributed by atoms with Crippen LogP contribution in [0.4, 0.5) is 0 Å². The van der Waals surface area contributed by atoms with Crippen LogP contribution in [-0.4, -0.2) is 36.0 Å². The summed E-state index contributed by atoms with van der Waals surface area (Å²) in [6.45, 7) is 8.87. The third kappa shape index (κ3) is 8.54. The molecule has 2 atom stereocenters. The lowest BCUT2D eigenvalue weighted by atomic mass is 9.86. The van der Waals surface area contributed by atoms with Gasteiger partial charge in [0.15, 0.2) is 17.4 Å². The number of nitrogens with zero attached hydrogens (tertiary/aromatic N) is 1. The maximum absolute atomic E-state index is 12.6. The van der Waals surface area contributed by atoms with Crippen molar-refractivity contribution in [3.05, 3.63) is 0 Å². The van der Waals surface area contributed by atoms with Crippen LogP contribution >= 0.6 is 0 Å². The van der Waals surface area contributed by atoms with Gasteiger partial charge in [0.1, 0.15) is 6.61 Å². The topological polar surface area (TPSA) is 106 Å². The van der Waals surface area contributed by atoms with Crippen molar-refractivity contribution in [2.24, 2.45) is 11.0 Å². The van der Waals surface area contributed by atoms with Crippen molar-refractivity contribution in [2.45, 2.75) is 91.2 Å². The van der Waals surface area contributed by atoms with Crippen molar-refractivity contribution in [2.75, 3.05) is 6.61 Å². The highest BCUT2D eigenvalue weighted by atomic mass is 16.6. The van der Waals surface area contributed by atoms with Crippen molar-refractivity contribution in [1.29, 1.82) is 5.53 Å². The normalized spacial score (nSPS) is 14.4. The molecule has 26 heavy (non-hydrogen) atoms. The van der Waals surface area contributed by atoms with Crippen LogP contribution in [0.15, 0.2) is 5.11 Å². The molecule has 0 aliphatic heterocycles. The second-order valence-corrected chi connectivity index (χ2v) is 7.15. The molecule has 0 bridgehead atoms. The van der Waals surface area contributed by atoms with Crippen LogP contribution in [0.2, 0.25) is 0 Å². The van der Waals surface area contributed by atoms with E-state index in [4.69, 9.17) is 15.0 Å². The van der Waals surface area contributed by atoms with E-state index in [1.54, 1.807) is 0 Å². The van der Waals surface area contributed by atoms with Crippen molar-refractivity contribution in [1.82, 2.24) is 0 Å². The fourth-order valence-corrected chi connectivity index (χ4v) is 2.30.